The standard InChI is InChI=1S/C12H11F15O3S.K/c13-6(14,4-2-1-3-5-7(15,16)17)8(18,19)9(20,21)10(22,23)11(24,25)12(26,27)31(28,29)30;/h1-5H2,(H,28,29,30);/q;+1/p-1. The van der Waals surface area contributed by atoms with Gasteiger partial charge in [-0.15, -0.1) is 0 Å². The molecule has 32 heavy (non-hydrogen) atoms. The normalized spacial score (nSPS) is 15.5. The van der Waals surface area contributed by atoms with Gasteiger partial charge in [-0.05, 0) is 12.8 Å². The van der Waals surface area contributed by atoms with Gasteiger partial charge in [-0.1, -0.05) is 6.42 Å². The fourth-order valence-electron chi connectivity index (χ4n) is 1.97. The van der Waals surface area contributed by atoms with Gasteiger partial charge in [0, 0.05) is 12.8 Å². The number of alkyl halides is 15. The van der Waals surface area contributed by atoms with Crippen LogP contribution in [0.3, 0.4) is 0 Å². The predicted molar refractivity (Wildman–Crippen MR) is 68.5 cm³/mol. The quantitative estimate of drug-likeness (QED) is 0.170. The Bertz CT molecular complexity index is 732. The number of hydrogen-bond donors (Lipinski definition) is 0. The molecule has 0 aromatic rings. The number of unbranched alkanes of at least 4 members (excludes halogenated alkanes) is 2. The van der Waals surface area contributed by atoms with E-state index in [0.717, 1.165) is 0 Å². The van der Waals surface area contributed by atoms with Crippen LogP contribution in [0.1, 0.15) is 32.1 Å². The molecule has 0 atom stereocenters. The van der Waals surface area contributed by atoms with Crippen LogP contribution < -0.4 is 51.4 Å². The first kappa shape index (κ1) is 34.7. The molecule has 0 heterocycles. The summed E-state index contributed by atoms with van der Waals surface area (Å²) < 4.78 is 224. The van der Waals surface area contributed by atoms with Gasteiger partial charge in [0.2, 0.25) is 0 Å². The van der Waals surface area contributed by atoms with Crippen LogP contribution in [0.5, 0.6) is 0 Å². The number of hydrogen-bond acceptors (Lipinski definition) is 3. The molecule has 0 aliphatic rings. The number of halogens is 15. The minimum Gasteiger partial charge on any atom is -0.743 e. The van der Waals surface area contributed by atoms with E-state index in [-0.39, 0.29) is 51.4 Å². The summed E-state index contributed by atoms with van der Waals surface area (Å²) in [6.45, 7) is 0. The Morgan fingerprint density at radius 3 is 1.22 bits per heavy atom. The van der Waals surface area contributed by atoms with E-state index in [4.69, 9.17) is 0 Å². The van der Waals surface area contributed by atoms with Crippen molar-refractivity contribution in [1.29, 1.82) is 0 Å². The summed E-state index contributed by atoms with van der Waals surface area (Å²) in [6, 6.07) is 0. The van der Waals surface area contributed by atoms with Gasteiger partial charge < -0.3 is 4.55 Å². The first-order valence-electron chi connectivity index (χ1n) is 7.50. The smallest absolute Gasteiger partial charge is 0.743 e. The van der Waals surface area contributed by atoms with Crippen molar-refractivity contribution in [3.05, 3.63) is 0 Å². The van der Waals surface area contributed by atoms with Gasteiger partial charge in [-0.2, -0.15) is 65.9 Å². The Labute approximate surface area is 212 Å². The second-order valence-corrected chi connectivity index (χ2v) is 7.57. The molecule has 0 saturated heterocycles. The van der Waals surface area contributed by atoms with Crippen molar-refractivity contribution in [1.82, 2.24) is 0 Å². The summed E-state index contributed by atoms with van der Waals surface area (Å²) in [4.78, 5) is 0. The fraction of sp³-hybridized carbons (Fsp3) is 1.00. The van der Waals surface area contributed by atoms with E-state index in [1.165, 1.54) is 0 Å². The van der Waals surface area contributed by atoms with E-state index in [1.54, 1.807) is 0 Å². The topological polar surface area (TPSA) is 57.2 Å². The molecule has 0 N–H and O–H groups in total. The monoisotopic (exact) mass is 558 g/mol. The van der Waals surface area contributed by atoms with E-state index in [2.05, 4.69) is 0 Å². The van der Waals surface area contributed by atoms with Gasteiger partial charge >= 0.3 is 92.4 Å². The van der Waals surface area contributed by atoms with Crippen LogP contribution in [0.4, 0.5) is 65.9 Å². The average molecular weight is 558 g/mol. The summed E-state index contributed by atoms with van der Waals surface area (Å²) in [5, 5.41) is -7.63. The van der Waals surface area contributed by atoms with Crippen LogP contribution in [0.2, 0.25) is 0 Å². The van der Waals surface area contributed by atoms with Crippen LogP contribution in [-0.4, -0.2) is 54.0 Å². The maximum absolute atomic E-state index is 13.4. The van der Waals surface area contributed by atoms with E-state index in [9.17, 15) is 78.8 Å². The van der Waals surface area contributed by atoms with Crippen LogP contribution in [-0.2, 0) is 10.1 Å². The Kier molecular flexibility index (Phi) is 11.1. The molecule has 0 spiro atoms. The zero-order chi connectivity index (χ0) is 25.5. The van der Waals surface area contributed by atoms with E-state index in [1.807, 2.05) is 0 Å². The molecular weight excluding hydrogens is 548 g/mol. The van der Waals surface area contributed by atoms with Gasteiger partial charge in [0.25, 0.3) is 0 Å². The molecule has 0 unspecified atom stereocenters. The molecule has 0 radical (unpaired) electrons. The summed E-state index contributed by atoms with van der Waals surface area (Å²) >= 11 is 0. The van der Waals surface area contributed by atoms with Crippen LogP contribution in [0, 0.1) is 0 Å². The number of rotatable bonds is 11. The van der Waals surface area contributed by atoms with Crippen molar-refractivity contribution >= 4 is 10.1 Å². The Morgan fingerprint density at radius 1 is 0.531 bits per heavy atom. The molecule has 188 valence electrons. The molecule has 0 saturated carbocycles. The molecule has 20 heteroatoms. The molecule has 0 rings (SSSR count). The SMILES string of the molecule is O=S(=O)([O-])C(F)(F)C(F)(F)C(F)(F)C(F)(F)C(F)(F)C(F)(F)CCCCCC(F)(F)F.[K+]. The first-order valence-corrected chi connectivity index (χ1v) is 8.90. The Hall–Kier alpha value is 0.496. The minimum absolute atomic E-state index is 0. The molecule has 0 bridgehead atoms. The molecule has 0 aliphatic heterocycles. The maximum Gasteiger partial charge on any atom is 1.00 e. The van der Waals surface area contributed by atoms with Crippen LogP contribution in [0.15, 0.2) is 0 Å². The Balaban J connectivity index is 0. The van der Waals surface area contributed by atoms with Crippen molar-refractivity contribution < 1.29 is 130 Å². The van der Waals surface area contributed by atoms with Crippen molar-refractivity contribution in [3.8, 4) is 0 Å². The minimum atomic E-state index is -8.22. The van der Waals surface area contributed by atoms with E-state index in [0.29, 0.717) is 0 Å². The average Bonchev–Trinajstić information content (AvgIpc) is 2.51. The molecule has 0 aromatic carbocycles. The largest absolute Gasteiger partial charge is 1.00 e. The molecule has 0 aliphatic carbocycles. The summed E-state index contributed by atoms with van der Waals surface area (Å²) in [5.41, 5.74) is 0. The Morgan fingerprint density at radius 2 is 0.875 bits per heavy atom. The summed E-state index contributed by atoms with van der Waals surface area (Å²) in [7, 11) is -7.89. The third-order valence-electron chi connectivity index (χ3n) is 3.77. The van der Waals surface area contributed by atoms with Gasteiger partial charge in [-0.25, -0.2) is 8.42 Å². The second-order valence-electron chi connectivity index (χ2n) is 6.15. The third-order valence-corrected chi connectivity index (χ3v) is 4.66. The van der Waals surface area contributed by atoms with Gasteiger partial charge in [0.05, 0.1) is 0 Å². The molecular formula is C12H10F15KO3S. The predicted octanol–water partition coefficient (Wildman–Crippen LogP) is 2.82. The molecule has 0 aromatic heterocycles. The van der Waals surface area contributed by atoms with Crippen molar-refractivity contribution in [2.75, 3.05) is 0 Å². The van der Waals surface area contributed by atoms with Crippen molar-refractivity contribution in [2.24, 2.45) is 0 Å². The second kappa shape index (κ2) is 10.2. The van der Waals surface area contributed by atoms with E-state index >= 15 is 0 Å². The van der Waals surface area contributed by atoms with Crippen molar-refractivity contribution in [3.63, 3.8) is 0 Å². The molecule has 0 amide bonds. The zero-order valence-corrected chi connectivity index (χ0v) is 19.3. The van der Waals surface area contributed by atoms with Gasteiger partial charge in [0.1, 0.15) is 0 Å². The summed E-state index contributed by atoms with van der Waals surface area (Å²) in [5.74, 6) is -38.3. The van der Waals surface area contributed by atoms with E-state index < -0.39 is 83.3 Å². The molecule has 0 fully saturated rings. The van der Waals surface area contributed by atoms with Gasteiger partial charge in [0.15, 0.2) is 10.1 Å². The molecule has 3 nitrogen and oxygen atoms in total. The zero-order valence-electron chi connectivity index (χ0n) is 15.3. The maximum atomic E-state index is 13.4. The first-order chi connectivity index (χ1) is 13.2. The van der Waals surface area contributed by atoms with Crippen molar-refractivity contribution in [2.45, 2.75) is 73.1 Å². The summed E-state index contributed by atoms with van der Waals surface area (Å²) in [6.07, 6.45) is -12.4. The van der Waals surface area contributed by atoms with Gasteiger partial charge in [-0.3, -0.25) is 0 Å². The fourth-order valence-corrected chi connectivity index (χ4v) is 2.41. The van der Waals surface area contributed by atoms with Crippen LogP contribution in [0.25, 0.3) is 0 Å². The third kappa shape index (κ3) is 6.38. The van der Waals surface area contributed by atoms with Crippen LogP contribution >= 0.6 is 0 Å².